The molecule has 13 rings (SSSR count). The minimum atomic E-state index is -2.89. The van der Waals surface area contributed by atoms with Crippen molar-refractivity contribution in [3.8, 4) is 23.3 Å². The van der Waals surface area contributed by atoms with Gasteiger partial charge in [0.2, 0.25) is 23.5 Å². The van der Waals surface area contributed by atoms with Gasteiger partial charge < -0.3 is 0 Å². The summed E-state index contributed by atoms with van der Waals surface area (Å²) in [6.45, 7) is 0. The fourth-order valence-corrected chi connectivity index (χ4v) is 14.5. The molecule has 0 aliphatic carbocycles. The molecule has 0 bridgehead atoms. The van der Waals surface area contributed by atoms with Gasteiger partial charge in [-0.1, -0.05) is 164 Å². The molecule has 0 unspecified atom stereocenters. The molecule has 9 nitrogen and oxygen atoms in total. The quantitative estimate of drug-likeness (QED) is 0.119. The number of fused-ring (bicyclic) bond motifs is 10. The van der Waals surface area contributed by atoms with E-state index in [2.05, 4.69) is 194 Å². The lowest BCUT2D eigenvalue weighted by atomic mass is 10.2. The second-order valence-electron chi connectivity index (χ2n) is 15.8. The van der Waals surface area contributed by atoms with Crippen LogP contribution in [0.2, 0.25) is 0 Å². The normalized spacial score (nSPS) is 12.1. The van der Waals surface area contributed by atoms with Crippen LogP contribution in [0.1, 0.15) is 0 Å². The first-order valence-electron chi connectivity index (χ1n) is 21.0. The summed E-state index contributed by atoms with van der Waals surface area (Å²) in [5, 5.41) is 5.08. The van der Waals surface area contributed by atoms with Crippen molar-refractivity contribution in [2.75, 3.05) is 0 Å². The van der Waals surface area contributed by atoms with Gasteiger partial charge in [-0.3, -0.25) is 8.80 Å². The van der Waals surface area contributed by atoms with Crippen molar-refractivity contribution < 1.29 is 0 Å². The van der Waals surface area contributed by atoms with Gasteiger partial charge in [-0.2, -0.15) is 15.0 Å². The molecule has 0 fully saturated rings. The van der Waals surface area contributed by atoms with Gasteiger partial charge in [0.25, 0.3) is 0 Å². The highest BCUT2D eigenvalue weighted by atomic mass is 28.3. The first-order valence-corrected chi connectivity index (χ1v) is 23.0. The lowest BCUT2D eigenvalue weighted by molar-refractivity contribution is 0.877. The molecule has 0 amide bonds. The van der Waals surface area contributed by atoms with E-state index in [1.807, 2.05) is 36.4 Å². The number of hydrogen-bond acceptors (Lipinski definition) is 5. The first-order chi connectivity index (χ1) is 31.3. The molecular formula is C53H35N9Si. The van der Waals surface area contributed by atoms with Gasteiger partial charge in [-0.05, 0) is 69.3 Å². The third-order valence-corrected chi connectivity index (χ3v) is 17.2. The minimum absolute atomic E-state index is 0.451. The second kappa shape index (κ2) is 13.8. The predicted octanol–water partition coefficient (Wildman–Crippen LogP) is 8.41. The van der Waals surface area contributed by atoms with Crippen LogP contribution in [0.15, 0.2) is 212 Å². The molecular weight excluding hydrogens is 791 g/mol. The monoisotopic (exact) mass is 825 g/mol. The molecule has 0 atom stereocenters. The Balaban J connectivity index is 1.13. The average Bonchev–Trinajstić information content (AvgIpc) is 4.09. The van der Waals surface area contributed by atoms with Gasteiger partial charge in [0.15, 0.2) is 13.9 Å². The molecule has 5 heterocycles. The summed E-state index contributed by atoms with van der Waals surface area (Å²) in [7, 11) is -2.89. The fourth-order valence-electron chi connectivity index (χ4n) is 9.74. The smallest absolute Gasteiger partial charge is 0.242 e. The largest absolute Gasteiger partial charge is 0.276 e. The maximum atomic E-state index is 5.43. The van der Waals surface area contributed by atoms with E-state index in [4.69, 9.17) is 24.9 Å². The molecule has 0 radical (unpaired) electrons. The number of benzene rings is 8. The van der Waals surface area contributed by atoms with Crippen molar-refractivity contribution in [1.29, 1.82) is 0 Å². The van der Waals surface area contributed by atoms with Crippen LogP contribution in [-0.4, -0.2) is 50.9 Å². The van der Waals surface area contributed by atoms with Crippen LogP contribution in [0, 0.1) is 0 Å². The SMILES string of the molecule is c1ccc([Si](c2ccccc2)(c2ccccc2)c2cccc(-c3nc(-n4c5ccccc5n5c6ccccc6nc45)nc(-n4c5ccccc5n5c6ccccc6nc45)n3)c2)cc1. The van der Waals surface area contributed by atoms with Crippen LogP contribution in [0.25, 0.3) is 79.0 Å². The zero-order valence-corrected chi connectivity index (χ0v) is 34.7. The van der Waals surface area contributed by atoms with Crippen molar-refractivity contribution in [2.45, 2.75) is 0 Å². The van der Waals surface area contributed by atoms with Crippen LogP contribution in [-0.2, 0) is 0 Å². The summed E-state index contributed by atoms with van der Waals surface area (Å²) in [6, 6.07) is 74.9. The van der Waals surface area contributed by atoms with E-state index in [1.165, 1.54) is 20.7 Å². The average molecular weight is 826 g/mol. The summed E-state index contributed by atoms with van der Waals surface area (Å²) in [6.07, 6.45) is 0. The van der Waals surface area contributed by atoms with E-state index in [0.29, 0.717) is 29.3 Å². The topological polar surface area (TPSA) is 83.1 Å². The highest BCUT2D eigenvalue weighted by Crippen LogP contribution is 2.32. The zero-order chi connectivity index (χ0) is 41.5. The molecule has 13 aromatic rings. The lowest BCUT2D eigenvalue weighted by Gasteiger charge is -2.34. The highest BCUT2D eigenvalue weighted by Gasteiger charge is 2.41. The maximum Gasteiger partial charge on any atom is 0.242 e. The number of para-hydroxylation sites is 8. The summed E-state index contributed by atoms with van der Waals surface area (Å²) < 4.78 is 8.52. The second-order valence-corrected chi connectivity index (χ2v) is 19.6. The lowest BCUT2D eigenvalue weighted by Crippen LogP contribution is -2.74. The fraction of sp³-hybridized carbons (Fsp3) is 0. The number of imidazole rings is 4. The van der Waals surface area contributed by atoms with Crippen LogP contribution in [0.5, 0.6) is 0 Å². The molecule has 5 aromatic heterocycles. The van der Waals surface area contributed by atoms with Crippen molar-refractivity contribution in [1.82, 2.24) is 42.9 Å². The van der Waals surface area contributed by atoms with Crippen molar-refractivity contribution in [3.63, 3.8) is 0 Å². The molecule has 296 valence electrons. The third-order valence-electron chi connectivity index (χ3n) is 12.4. The van der Waals surface area contributed by atoms with Gasteiger partial charge >= 0.3 is 0 Å². The highest BCUT2D eigenvalue weighted by molar-refractivity contribution is 7.19. The number of rotatable bonds is 7. The van der Waals surface area contributed by atoms with Gasteiger partial charge in [0, 0.05) is 5.56 Å². The van der Waals surface area contributed by atoms with Gasteiger partial charge in [0.05, 0.1) is 44.1 Å². The Labute approximate surface area is 361 Å². The van der Waals surface area contributed by atoms with E-state index in [-0.39, 0.29) is 0 Å². The van der Waals surface area contributed by atoms with E-state index in [9.17, 15) is 0 Å². The standard InChI is InChI=1S/C53H35N9Si/c1-4-20-37(21-5-1)63(38-22-6-2-7-23-38,39-24-8-3-9-25-39)40-26-18-19-36(35-40)49-56-50(61-47-33-16-14-31-45(47)59-43-29-12-10-27-41(43)54-52(59)61)58-51(57-49)62-48-34-17-15-32-46(48)60-44-30-13-11-28-42(44)55-53(60)62/h1-35H. The molecule has 10 heteroatoms. The maximum absolute atomic E-state index is 5.43. The van der Waals surface area contributed by atoms with E-state index >= 15 is 0 Å². The van der Waals surface area contributed by atoms with Gasteiger partial charge in [0.1, 0.15) is 0 Å². The molecule has 0 saturated carbocycles. The van der Waals surface area contributed by atoms with Crippen molar-refractivity contribution in [2.24, 2.45) is 0 Å². The van der Waals surface area contributed by atoms with Crippen LogP contribution < -0.4 is 20.7 Å². The summed E-state index contributed by atoms with van der Waals surface area (Å²) >= 11 is 0. The minimum Gasteiger partial charge on any atom is -0.276 e. The summed E-state index contributed by atoms with van der Waals surface area (Å²) in [5.74, 6) is 2.87. The summed E-state index contributed by atoms with van der Waals surface area (Å²) in [5.41, 5.74) is 8.54. The number of aromatic nitrogens is 9. The zero-order valence-electron chi connectivity index (χ0n) is 33.7. The Kier molecular flexibility index (Phi) is 7.72. The van der Waals surface area contributed by atoms with Crippen molar-refractivity contribution in [3.05, 3.63) is 212 Å². The molecule has 0 saturated heterocycles. The van der Waals surface area contributed by atoms with Crippen LogP contribution in [0.4, 0.5) is 0 Å². The predicted molar refractivity (Wildman–Crippen MR) is 255 cm³/mol. The molecule has 8 aromatic carbocycles. The van der Waals surface area contributed by atoms with E-state index in [1.54, 1.807) is 0 Å². The van der Waals surface area contributed by atoms with Crippen LogP contribution in [0.3, 0.4) is 0 Å². The molecule has 0 aliphatic rings. The molecule has 0 aliphatic heterocycles. The Bertz CT molecular complexity index is 3610. The summed E-state index contributed by atoms with van der Waals surface area (Å²) in [4.78, 5) is 26.7. The Hall–Kier alpha value is -8.47. The van der Waals surface area contributed by atoms with Gasteiger partial charge in [-0.15, -0.1) is 0 Å². The van der Waals surface area contributed by atoms with Crippen molar-refractivity contribution >= 4 is 84.5 Å². The Morgan fingerprint density at radius 1 is 0.302 bits per heavy atom. The Morgan fingerprint density at radius 3 is 1.14 bits per heavy atom. The van der Waals surface area contributed by atoms with Crippen LogP contribution >= 0.6 is 0 Å². The molecule has 63 heavy (non-hydrogen) atoms. The van der Waals surface area contributed by atoms with E-state index < -0.39 is 8.07 Å². The number of hydrogen-bond donors (Lipinski definition) is 0. The number of nitrogens with zero attached hydrogens (tertiary/aromatic N) is 9. The Morgan fingerprint density at radius 2 is 0.683 bits per heavy atom. The third kappa shape index (κ3) is 5.19. The molecule has 0 N–H and O–H groups in total. The van der Waals surface area contributed by atoms with E-state index in [0.717, 1.165) is 49.7 Å². The van der Waals surface area contributed by atoms with Gasteiger partial charge in [-0.25, -0.2) is 19.1 Å². The molecule has 0 spiro atoms. The first kappa shape index (κ1) is 35.3.